The molecule has 0 radical (unpaired) electrons. The highest BCUT2D eigenvalue weighted by molar-refractivity contribution is 7.80. The number of halogens is 1. The monoisotopic (exact) mass is 557 g/mol. The van der Waals surface area contributed by atoms with Crippen LogP contribution < -0.4 is 10.6 Å². The van der Waals surface area contributed by atoms with Gasteiger partial charge in [-0.3, -0.25) is 9.78 Å². The average molecular weight is 558 g/mol. The fourth-order valence-electron chi connectivity index (χ4n) is 5.39. The van der Waals surface area contributed by atoms with Crippen molar-refractivity contribution in [2.45, 2.75) is 46.2 Å². The second-order valence-electron chi connectivity index (χ2n) is 10.1. The first-order valence-corrected chi connectivity index (χ1v) is 13.8. The second-order valence-corrected chi connectivity index (χ2v) is 10.9. The first-order chi connectivity index (χ1) is 18.7. The van der Waals surface area contributed by atoms with E-state index >= 15 is 0 Å². The minimum absolute atomic E-state index is 0.0454. The van der Waals surface area contributed by atoms with Crippen LogP contribution in [-0.4, -0.2) is 32.0 Å². The van der Waals surface area contributed by atoms with E-state index in [2.05, 4.69) is 51.1 Å². The Balaban J connectivity index is 1.47. The van der Waals surface area contributed by atoms with Crippen LogP contribution in [0.15, 0.2) is 72.9 Å². The average Bonchev–Trinajstić information content (AvgIpc) is 3.39. The van der Waals surface area contributed by atoms with Gasteiger partial charge in [0.25, 0.3) is 0 Å². The highest BCUT2D eigenvalue weighted by Gasteiger charge is 2.41. The summed E-state index contributed by atoms with van der Waals surface area (Å²) in [5, 5.41) is 7.88. The Morgan fingerprint density at radius 2 is 1.87 bits per heavy atom. The van der Waals surface area contributed by atoms with Crippen LogP contribution >= 0.6 is 23.8 Å². The van der Waals surface area contributed by atoms with Crippen LogP contribution in [0.25, 0.3) is 5.69 Å². The van der Waals surface area contributed by atoms with E-state index in [0.29, 0.717) is 23.1 Å². The molecule has 3 heterocycles. The maximum Gasteiger partial charge on any atom is 0.226 e. The summed E-state index contributed by atoms with van der Waals surface area (Å²) in [6.45, 7) is 8.70. The maximum atomic E-state index is 13.0. The van der Waals surface area contributed by atoms with E-state index in [0.717, 1.165) is 45.1 Å². The molecule has 0 aliphatic carbocycles. The third-order valence-corrected chi connectivity index (χ3v) is 7.89. The van der Waals surface area contributed by atoms with E-state index in [1.165, 1.54) is 0 Å². The first-order valence-electron chi connectivity index (χ1n) is 13.0. The summed E-state index contributed by atoms with van der Waals surface area (Å²) in [4.78, 5) is 19.8. The zero-order valence-electron chi connectivity index (χ0n) is 22.5. The Morgan fingerprint density at radius 1 is 1.05 bits per heavy atom. The lowest BCUT2D eigenvalue weighted by molar-refractivity contribution is -0.116. The molecule has 2 N–H and O–H groups in total. The van der Waals surface area contributed by atoms with Crippen molar-refractivity contribution < 1.29 is 4.79 Å². The number of nitrogens with zero attached hydrogens (tertiary/aromatic N) is 3. The van der Waals surface area contributed by atoms with Crippen LogP contribution in [0.3, 0.4) is 0 Å². The molecular weight excluding hydrogens is 526 g/mol. The topological polar surface area (TPSA) is 62.2 Å². The minimum Gasteiger partial charge on any atom is -0.352 e. The summed E-state index contributed by atoms with van der Waals surface area (Å²) in [5.74, 6) is -0.0454. The summed E-state index contributed by atoms with van der Waals surface area (Å²) in [5.41, 5.74) is 8.21. The summed E-state index contributed by atoms with van der Waals surface area (Å²) in [6.07, 6.45) is 2.10. The minimum atomic E-state index is -0.158. The molecule has 0 spiro atoms. The fraction of sp³-hybridized carbons (Fsp3) is 0.258. The second kappa shape index (κ2) is 11.2. The van der Waals surface area contributed by atoms with Gasteiger partial charge in [-0.05, 0) is 99.1 Å². The van der Waals surface area contributed by atoms with Crippen molar-refractivity contribution in [1.29, 1.82) is 0 Å². The molecule has 5 rings (SSSR count). The number of benzene rings is 2. The van der Waals surface area contributed by atoms with Crippen molar-refractivity contribution in [3.63, 3.8) is 0 Å². The van der Waals surface area contributed by atoms with Gasteiger partial charge in [0.15, 0.2) is 5.11 Å². The summed E-state index contributed by atoms with van der Waals surface area (Å²) < 4.78 is 2.21. The summed E-state index contributed by atoms with van der Waals surface area (Å²) in [6, 6.07) is 21.7. The number of carbonyl (C=O) groups excluding carboxylic acids is 1. The molecule has 0 saturated carbocycles. The molecule has 2 atom stereocenters. The number of amides is 1. The molecule has 2 aromatic carbocycles. The van der Waals surface area contributed by atoms with Gasteiger partial charge < -0.3 is 20.1 Å². The number of pyridine rings is 1. The van der Waals surface area contributed by atoms with Gasteiger partial charge >= 0.3 is 0 Å². The number of aryl methyl sites for hydroxylation is 3. The van der Waals surface area contributed by atoms with Crippen LogP contribution in [0.4, 0.5) is 5.69 Å². The Kier molecular flexibility index (Phi) is 7.73. The van der Waals surface area contributed by atoms with Gasteiger partial charge in [-0.1, -0.05) is 35.9 Å². The van der Waals surface area contributed by atoms with Gasteiger partial charge in [0.2, 0.25) is 5.91 Å². The van der Waals surface area contributed by atoms with E-state index in [9.17, 15) is 4.79 Å². The summed E-state index contributed by atoms with van der Waals surface area (Å²) >= 11 is 12.2. The molecule has 0 unspecified atom stereocenters. The first kappa shape index (κ1) is 26.9. The molecule has 1 fully saturated rings. The molecule has 1 amide bonds. The molecule has 6 nitrogen and oxygen atoms in total. The molecule has 4 aromatic rings. The van der Waals surface area contributed by atoms with Gasteiger partial charge in [0, 0.05) is 46.9 Å². The van der Waals surface area contributed by atoms with Crippen molar-refractivity contribution >= 4 is 40.5 Å². The van der Waals surface area contributed by atoms with Crippen molar-refractivity contribution in [3.8, 4) is 5.69 Å². The Morgan fingerprint density at radius 3 is 2.62 bits per heavy atom. The fourth-order valence-corrected chi connectivity index (χ4v) is 5.91. The third-order valence-electron chi connectivity index (χ3n) is 7.30. The van der Waals surface area contributed by atoms with E-state index < -0.39 is 0 Å². The number of rotatable bonds is 7. The Bertz CT molecular complexity index is 1530. The largest absolute Gasteiger partial charge is 0.352 e. The zero-order valence-corrected chi connectivity index (χ0v) is 24.1. The van der Waals surface area contributed by atoms with E-state index in [1.807, 2.05) is 68.4 Å². The number of hydrogen-bond donors (Lipinski definition) is 2. The third kappa shape index (κ3) is 5.56. The molecule has 1 saturated heterocycles. The molecule has 200 valence electrons. The van der Waals surface area contributed by atoms with Crippen LogP contribution in [0.5, 0.6) is 0 Å². The highest BCUT2D eigenvalue weighted by atomic mass is 35.5. The van der Waals surface area contributed by atoms with E-state index in [-0.39, 0.29) is 18.0 Å². The number of aromatic nitrogens is 2. The smallest absolute Gasteiger partial charge is 0.226 e. The van der Waals surface area contributed by atoms with Crippen molar-refractivity contribution in [2.24, 2.45) is 0 Å². The molecule has 8 heteroatoms. The predicted octanol–water partition coefficient (Wildman–Crippen LogP) is 6.76. The predicted molar refractivity (Wildman–Crippen MR) is 162 cm³/mol. The van der Waals surface area contributed by atoms with Gasteiger partial charge in [-0.2, -0.15) is 0 Å². The van der Waals surface area contributed by atoms with E-state index in [1.54, 1.807) is 6.20 Å². The van der Waals surface area contributed by atoms with Crippen LogP contribution in [-0.2, 0) is 4.79 Å². The number of thiocarbonyl (C=S) groups is 1. The molecule has 39 heavy (non-hydrogen) atoms. The normalized spacial score (nSPS) is 16.8. The lowest BCUT2D eigenvalue weighted by Gasteiger charge is -2.28. The molecular formula is C31H32ClN5OS. The highest BCUT2D eigenvalue weighted by Crippen LogP contribution is 2.41. The number of carbonyl (C=O) groups is 1. The maximum absolute atomic E-state index is 13.0. The molecule has 1 aliphatic heterocycles. The lowest BCUT2D eigenvalue weighted by Crippen LogP contribution is -2.33. The van der Waals surface area contributed by atoms with Gasteiger partial charge in [0.1, 0.15) is 0 Å². The van der Waals surface area contributed by atoms with Gasteiger partial charge in [-0.25, -0.2) is 0 Å². The zero-order chi connectivity index (χ0) is 27.7. The Hall–Kier alpha value is -3.68. The van der Waals surface area contributed by atoms with E-state index in [4.69, 9.17) is 23.8 Å². The van der Waals surface area contributed by atoms with Gasteiger partial charge in [-0.15, -0.1) is 0 Å². The van der Waals surface area contributed by atoms with Crippen LogP contribution in [0.2, 0.25) is 5.02 Å². The van der Waals surface area contributed by atoms with Crippen molar-refractivity contribution in [3.05, 3.63) is 112 Å². The number of hydrogen-bond acceptors (Lipinski definition) is 3. The molecule has 1 aliphatic rings. The standard InChI is InChI=1S/C31H32ClN5OS/c1-19-11-12-20(2)27(16-19)34-28(38)13-15-36-30(29(35-31(36)39)26-10-5-6-14-33-26)25-17-21(3)37(22(25)4)24-9-7-8-23(32)18-24/h5-12,14,16-18,29-30H,13,15H2,1-4H3,(H,34,38)(H,35,39)/t29-,30-/m0/s1. The SMILES string of the molecule is Cc1ccc(C)c(NC(=O)CCN2C(=S)N[C@@H](c3ccccn3)[C@@H]2c2cc(C)n(-c3cccc(Cl)c3)c2C)c1. The molecule has 0 bridgehead atoms. The molecule has 2 aromatic heterocycles. The number of nitrogens with one attached hydrogen (secondary N) is 2. The van der Waals surface area contributed by atoms with Crippen molar-refractivity contribution in [1.82, 2.24) is 19.8 Å². The quantitative estimate of drug-likeness (QED) is 0.246. The van der Waals surface area contributed by atoms with Gasteiger partial charge in [0.05, 0.1) is 17.8 Å². The summed E-state index contributed by atoms with van der Waals surface area (Å²) in [7, 11) is 0. The van der Waals surface area contributed by atoms with Crippen LogP contribution in [0.1, 0.15) is 52.3 Å². The van der Waals surface area contributed by atoms with Crippen LogP contribution in [0, 0.1) is 27.7 Å². The number of anilines is 1. The van der Waals surface area contributed by atoms with Crippen molar-refractivity contribution in [2.75, 3.05) is 11.9 Å². The lowest BCUT2D eigenvalue weighted by atomic mass is 9.96. The Labute approximate surface area is 240 Å².